The van der Waals surface area contributed by atoms with Crippen LogP contribution in [0.1, 0.15) is 68.2 Å². The van der Waals surface area contributed by atoms with Crippen LogP contribution in [-0.4, -0.2) is 34.9 Å². The first kappa shape index (κ1) is 32.1. The number of carbonyl (C=O) groups is 2. The quantitative estimate of drug-likeness (QED) is 0.150. The number of nitrogens with one attached hydrogen (secondary N) is 1. The van der Waals surface area contributed by atoms with Gasteiger partial charge in [-0.2, -0.15) is 0 Å². The highest BCUT2D eigenvalue weighted by atomic mass is 16.6. The zero-order valence-corrected chi connectivity index (χ0v) is 25.9. The molecule has 0 radical (unpaired) electrons. The highest BCUT2D eigenvalue weighted by Crippen LogP contribution is 2.28. The maximum atomic E-state index is 12.0. The molecule has 0 aliphatic rings. The summed E-state index contributed by atoms with van der Waals surface area (Å²) in [6.07, 6.45) is 0.0669. The van der Waals surface area contributed by atoms with Crippen molar-refractivity contribution in [3.05, 3.63) is 94.9 Å². The fraction of sp³-hybridized carbons (Fsp3) is 0.343. The number of aliphatic carboxylic acids is 1. The van der Waals surface area contributed by atoms with Crippen LogP contribution in [0.2, 0.25) is 0 Å². The molecule has 2 N–H and O–H groups in total. The lowest BCUT2D eigenvalue weighted by molar-refractivity contribution is -0.136. The number of oxazole rings is 1. The Labute approximate surface area is 258 Å². The van der Waals surface area contributed by atoms with Crippen LogP contribution in [0, 0.1) is 6.92 Å². The van der Waals surface area contributed by atoms with E-state index in [1.807, 2.05) is 55.5 Å². The van der Waals surface area contributed by atoms with Crippen molar-refractivity contribution < 1.29 is 33.3 Å². The van der Waals surface area contributed by atoms with Crippen molar-refractivity contribution in [1.82, 2.24) is 10.3 Å². The van der Waals surface area contributed by atoms with Gasteiger partial charge in [0, 0.05) is 24.9 Å². The minimum absolute atomic E-state index is 0.0145. The van der Waals surface area contributed by atoms with Crippen molar-refractivity contribution in [1.29, 1.82) is 0 Å². The Hall–Kier alpha value is -4.79. The fourth-order valence-corrected chi connectivity index (χ4v) is 4.54. The minimum atomic E-state index is -0.887. The molecule has 0 fully saturated rings. The van der Waals surface area contributed by atoms with Crippen LogP contribution in [0.4, 0.5) is 4.79 Å². The number of hydrogen-bond acceptors (Lipinski definition) is 7. The topological polar surface area (TPSA) is 120 Å². The number of aryl methyl sites for hydroxylation is 2. The Kier molecular flexibility index (Phi) is 11.0. The van der Waals surface area contributed by atoms with E-state index in [1.54, 1.807) is 19.9 Å². The molecule has 44 heavy (non-hydrogen) atoms. The fourth-order valence-electron chi connectivity index (χ4n) is 4.54. The summed E-state index contributed by atoms with van der Waals surface area (Å²) in [4.78, 5) is 27.8. The third kappa shape index (κ3) is 9.36. The molecule has 0 saturated carbocycles. The van der Waals surface area contributed by atoms with E-state index in [2.05, 4.69) is 31.3 Å². The van der Waals surface area contributed by atoms with Crippen molar-refractivity contribution in [2.75, 3.05) is 6.61 Å². The van der Waals surface area contributed by atoms with Crippen molar-refractivity contribution in [3.63, 3.8) is 0 Å². The number of aromatic nitrogens is 1. The highest BCUT2D eigenvalue weighted by Gasteiger charge is 2.14. The van der Waals surface area contributed by atoms with E-state index in [4.69, 9.17) is 28.7 Å². The van der Waals surface area contributed by atoms with Gasteiger partial charge >= 0.3 is 12.1 Å². The molecule has 0 aliphatic heterocycles. The number of nitrogens with zero attached hydrogens (tertiary/aromatic N) is 1. The standard InChI is InChI=1S/C35H40N2O7/c1-22(2)25-6-12-29(13-7-25)44-30-14-9-27(10-15-30)34-37-32(24(5)43-34)18-19-41-31-16-8-26(11-17-33(38)39)28(20-31)21-36-35(40)42-23(3)4/h6-10,12-16,20,22-23H,11,17-19,21H2,1-5H3,(H,36,40)(H,38,39). The van der Waals surface area contributed by atoms with E-state index in [1.165, 1.54) is 5.56 Å². The molecule has 0 aliphatic carbocycles. The van der Waals surface area contributed by atoms with E-state index < -0.39 is 12.1 Å². The van der Waals surface area contributed by atoms with Crippen LogP contribution in [0.5, 0.6) is 17.2 Å². The Morgan fingerprint density at radius 3 is 2.18 bits per heavy atom. The van der Waals surface area contributed by atoms with E-state index >= 15 is 0 Å². The van der Waals surface area contributed by atoms with Crippen LogP contribution in [-0.2, 0) is 28.9 Å². The number of carboxylic acid groups (broad SMARTS) is 1. The number of carbonyl (C=O) groups excluding carboxylic acids is 1. The molecule has 4 aromatic rings. The summed E-state index contributed by atoms with van der Waals surface area (Å²) in [5.41, 5.74) is 4.49. The molecule has 232 valence electrons. The summed E-state index contributed by atoms with van der Waals surface area (Å²) in [7, 11) is 0. The maximum absolute atomic E-state index is 12.0. The summed E-state index contributed by atoms with van der Waals surface area (Å²) in [6, 6.07) is 21.2. The molecule has 0 saturated heterocycles. The second kappa shape index (κ2) is 15.1. The summed E-state index contributed by atoms with van der Waals surface area (Å²) < 4.78 is 23.1. The zero-order valence-electron chi connectivity index (χ0n) is 25.9. The van der Waals surface area contributed by atoms with Crippen molar-refractivity contribution in [2.24, 2.45) is 0 Å². The van der Waals surface area contributed by atoms with Crippen LogP contribution in [0.3, 0.4) is 0 Å². The average molecular weight is 601 g/mol. The molecule has 9 nitrogen and oxygen atoms in total. The third-order valence-corrected chi connectivity index (χ3v) is 6.94. The van der Waals surface area contributed by atoms with Gasteiger partial charge in [0.2, 0.25) is 5.89 Å². The van der Waals surface area contributed by atoms with Gasteiger partial charge in [-0.3, -0.25) is 4.79 Å². The summed E-state index contributed by atoms with van der Waals surface area (Å²) in [5.74, 6) is 2.93. The second-order valence-electron chi connectivity index (χ2n) is 11.1. The molecule has 0 bridgehead atoms. The Morgan fingerprint density at radius 1 is 0.886 bits per heavy atom. The van der Waals surface area contributed by atoms with Crippen LogP contribution < -0.4 is 14.8 Å². The summed E-state index contributed by atoms with van der Waals surface area (Å²) in [6.45, 7) is 10.3. The molecule has 9 heteroatoms. The molecule has 1 heterocycles. The largest absolute Gasteiger partial charge is 0.493 e. The van der Waals surface area contributed by atoms with Crippen LogP contribution in [0.15, 0.2) is 71.1 Å². The molecule has 3 aromatic carbocycles. The van der Waals surface area contributed by atoms with Gasteiger partial charge in [0.15, 0.2) is 0 Å². The predicted octanol–water partition coefficient (Wildman–Crippen LogP) is 7.84. The number of alkyl carbamates (subject to hydrolysis) is 1. The van der Waals surface area contributed by atoms with Crippen molar-refractivity contribution >= 4 is 12.1 Å². The highest BCUT2D eigenvalue weighted by molar-refractivity contribution is 5.68. The van der Waals surface area contributed by atoms with Gasteiger partial charge < -0.3 is 29.1 Å². The number of rotatable bonds is 14. The maximum Gasteiger partial charge on any atom is 0.407 e. The number of carboxylic acids is 1. The van der Waals surface area contributed by atoms with Gasteiger partial charge in [0.05, 0.1) is 18.4 Å². The second-order valence-corrected chi connectivity index (χ2v) is 11.1. The zero-order chi connectivity index (χ0) is 31.6. The van der Waals surface area contributed by atoms with Gasteiger partial charge in [-0.1, -0.05) is 32.0 Å². The summed E-state index contributed by atoms with van der Waals surface area (Å²) >= 11 is 0. The normalized spacial score (nSPS) is 11.1. The SMILES string of the molecule is Cc1oc(-c2ccc(Oc3ccc(C(C)C)cc3)cc2)nc1CCOc1ccc(CCC(=O)O)c(CNC(=O)OC(C)C)c1. The minimum Gasteiger partial charge on any atom is -0.493 e. The first-order chi connectivity index (χ1) is 21.1. The first-order valence-electron chi connectivity index (χ1n) is 14.8. The van der Waals surface area contributed by atoms with Gasteiger partial charge in [-0.05, 0) is 98.3 Å². The number of ether oxygens (including phenoxy) is 3. The molecule has 4 rings (SSSR count). The molecular formula is C35H40N2O7. The lowest BCUT2D eigenvalue weighted by atomic mass is 10.0. The average Bonchev–Trinajstić information content (AvgIpc) is 3.35. The Balaban J connectivity index is 1.35. The molecule has 0 atom stereocenters. The van der Waals surface area contributed by atoms with Gasteiger partial charge in [0.1, 0.15) is 23.0 Å². The Bertz CT molecular complexity index is 1540. The first-order valence-corrected chi connectivity index (χ1v) is 14.8. The third-order valence-electron chi connectivity index (χ3n) is 6.94. The molecule has 0 spiro atoms. The van der Waals surface area contributed by atoms with Crippen molar-refractivity contribution in [3.8, 4) is 28.7 Å². The smallest absolute Gasteiger partial charge is 0.407 e. The van der Waals surface area contributed by atoms with Crippen molar-refractivity contribution in [2.45, 2.75) is 72.4 Å². The lowest BCUT2D eigenvalue weighted by Crippen LogP contribution is -2.26. The molecule has 0 unspecified atom stereocenters. The van der Waals surface area contributed by atoms with E-state index in [0.29, 0.717) is 42.8 Å². The monoisotopic (exact) mass is 600 g/mol. The van der Waals surface area contributed by atoms with Crippen LogP contribution >= 0.6 is 0 Å². The van der Waals surface area contributed by atoms with Crippen LogP contribution in [0.25, 0.3) is 11.5 Å². The van der Waals surface area contributed by atoms with Gasteiger partial charge in [-0.25, -0.2) is 9.78 Å². The lowest BCUT2D eigenvalue weighted by Gasteiger charge is -2.14. The van der Waals surface area contributed by atoms with Gasteiger partial charge in [-0.15, -0.1) is 0 Å². The molecule has 1 amide bonds. The van der Waals surface area contributed by atoms with Gasteiger partial charge in [0.25, 0.3) is 0 Å². The molecule has 1 aromatic heterocycles. The van der Waals surface area contributed by atoms with E-state index in [0.717, 1.165) is 33.9 Å². The predicted molar refractivity (Wildman–Crippen MR) is 167 cm³/mol. The van der Waals surface area contributed by atoms with E-state index in [-0.39, 0.29) is 19.1 Å². The number of benzene rings is 3. The molecular weight excluding hydrogens is 560 g/mol. The number of hydrogen-bond donors (Lipinski definition) is 2. The Morgan fingerprint density at radius 2 is 1.55 bits per heavy atom. The number of amides is 1. The summed E-state index contributed by atoms with van der Waals surface area (Å²) in [5, 5.41) is 11.8. The van der Waals surface area contributed by atoms with E-state index in [9.17, 15) is 9.59 Å².